The second-order valence-corrected chi connectivity index (χ2v) is 6.76. The standard InChI is InChI=1S/C16H27NO3/c1-12-3-2-4-14(9-12)10-15(18)17-7-5-13(6-8-17)11-16(19)20/h12-14H,2-11H2,1H3,(H,19,20). The van der Waals surface area contributed by atoms with Crippen molar-refractivity contribution in [3.05, 3.63) is 0 Å². The Morgan fingerprint density at radius 3 is 2.35 bits per heavy atom. The van der Waals surface area contributed by atoms with E-state index in [1.165, 1.54) is 25.7 Å². The lowest BCUT2D eigenvalue weighted by atomic mass is 9.80. The van der Waals surface area contributed by atoms with Gasteiger partial charge < -0.3 is 10.0 Å². The van der Waals surface area contributed by atoms with E-state index in [4.69, 9.17) is 5.11 Å². The Balaban J connectivity index is 1.73. The second kappa shape index (κ2) is 7.09. The summed E-state index contributed by atoms with van der Waals surface area (Å²) in [4.78, 5) is 25.0. The minimum absolute atomic E-state index is 0.252. The van der Waals surface area contributed by atoms with Gasteiger partial charge in [0, 0.05) is 25.9 Å². The first kappa shape index (κ1) is 15.3. The molecular weight excluding hydrogens is 254 g/mol. The van der Waals surface area contributed by atoms with Crippen molar-refractivity contribution in [1.29, 1.82) is 0 Å². The molecule has 1 saturated carbocycles. The van der Waals surface area contributed by atoms with E-state index in [0.717, 1.165) is 31.8 Å². The van der Waals surface area contributed by atoms with Crippen LogP contribution in [0, 0.1) is 17.8 Å². The molecule has 1 amide bonds. The van der Waals surface area contributed by atoms with Crippen molar-refractivity contribution in [3.8, 4) is 0 Å². The zero-order valence-corrected chi connectivity index (χ0v) is 12.5. The lowest BCUT2D eigenvalue weighted by Gasteiger charge is -2.33. The van der Waals surface area contributed by atoms with Crippen LogP contribution in [0.25, 0.3) is 0 Å². The molecule has 0 spiro atoms. The number of carboxylic acid groups (broad SMARTS) is 1. The molecule has 0 aromatic heterocycles. The quantitative estimate of drug-likeness (QED) is 0.862. The number of nitrogens with zero attached hydrogens (tertiary/aromatic N) is 1. The summed E-state index contributed by atoms with van der Waals surface area (Å²) >= 11 is 0. The van der Waals surface area contributed by atoms with Gasteiger partial charge in [0.2, 0.25) is 5.91 Å². The van der Waals surface area contributed by atoms with Crippen molar-refractivity contribution in [3.63, 3.8) is 0 Å². The summed E-state index contributed by atoms with van der Waals surface area (Å²) in [5, 5.41) is 8.80. The van der Waals surface area contributed by atoms with Gasteiger partial charge in [-0.3, -0.25) is 9.59 Å². The molecule has 0 radical (unpaired) electrons. The maximum atomic E-state index is 12.3. The van der Waals surface area contributed by atoms with Crippen LogP contribution in [0.15, 0.2) is 0 Å². The van der Waals surface area contributed by atoms with Crippen LogP contribution < -0.4 is 0 Å². The maximum absolute atomic E-state index is 12.3. The number of hydrogen-bond acceptors (Lipinski definition) is 2. The highest BCUT2D eigenvalue weighted by Gasteiger charge is 2.27. The summed E-state index contributed by atoms with van der Waals surface area (Å²) in [6, 6.07) is 0. The van der Waals surface area contributed by atoms with E-state index < -0.39 is 5.97 Å². The summed E-state index contributed by atoms with van der Waals surface area (Å²) in [6.45, 7) is 3.78. The number of carboxylic acids is 1. The lowest BCUT2D eigenvalue weighted by molar-refractivity contribution is -0.138. The molecule has 1 aliphatic heterocycles. The van der Waals surface area contributed by atoms with Crippen molar-refractivity contribution in [1.82, 2.24) is 4.90 Å². The molecule has 20 heavy (non-hydrogen) atoms. The molecule has 0 bridgehead atoms. The van der Waals surface area contributed by atoms with E-state index in [0.29, 0.717) is 12.3 Å². The van der Waals surface area contributed by atoms with Crippen molar-refractivity contribution < 1.29 is 14.7 Å². The maximum Gasteiger partial charge on any atom is 0.303 e. The first-order chi connectivity index (χ1) is 9.54. The Morgan fingerprint density at radius 2 is 1.75 bits per heavy atom. The molecule has 4 heteroatoms. The number of carbonyl (C=O) groups excluding carboxylic acids is 1. The van der Waals surface area contributed by atoms with Crippen molar-refractivity contribution >= 4 is 11.9 Å². The Labute approximate surface area is 121 Å². The van der Waals surface area contributed by atoms with E-state index in [1.807, 2.05) is 4.90 Å². The van der Waals surface area contributed by atoms with Crippen molar-refractivity contribution in [2.75, 3.05) is 13.1 Å². The Kier molecular flexibility index (Phi) is 5.44. The van der Waals surface area contributed by atoms with Crippen LogP contribution in [0.3, 0.4) is 0 Å². The molecule has 2 rings (SSSR count). The number of amides is 1. The molecule has 1 N–H and O–H groups in total. The number of rotatable bonds is 4. The van der Waals surface area contributed by atoms with E-state index in [-0.39, 0.29) is 18.2 Å². The van der Waals surface area contributed by atoms with Gasteiger partial charge in [-0.25, -0.2) is 0 Å². The van der Waals surface area contributed by atoms with Crippen LogP contribution in [0.2, 0.25) is 0 Å². The van der Waals surface area contributed by atoms with Gasteiger partial charge in [-0.05, 0) is 43.4 Å². The van der Waals surface area contributed by atoms with E-state index >= 15 is 0 Å². The van der Waals surface area contributed by atoms with Crippen LogP contribution in [0.1, 0.15) is 58.3 Å². The molecular formula is C16H27NO3. The van der Waals surface area contributed by atoms with Gasteiger partial charge in [0.15, 0.2) is 0 Å². The van der Waals surface area contributed by atoms with Gasteiger partial charge in [-0.1, -0.05) is 19.8 Å². The molecule has 0 aromatic rings. The second-order valence-electron chi connectivity index (χ2n) is 6.76. The molecule has 1 heterocycles. The first-order valence-electron chi connectivity index (χ1n) is 8.04. The van der Waals surface area contributed by atoms with Gasteiger partial charge in [0.1, 0.15) is 0 Å². The third-order valence-corrected chi connectivity index (χ3v) is 4.94. The molecule has 2 unspecified atom stereocenters. The molecule has 2 atom stereocenters. The minimum atomic E-state index is -0.717. The highest BCUT2D eigenvalue weighted by molar-refractivity contribution is 5.76. The van der Waals surface area contributed by atoms with Gasteiger partial charge in [-0.15, -0.1) is 0 Å². The zero-order valence-electron chi connectivity index (χ0n) is 12.5. The Hall–Kier alpha value is -1.06. The van der Waals surface area contributed by atoms with E-state index in [9.17, 15) is 9.59 Å². The number of aliphatic carboxylic acids is 1. The van der Waals surface area contributed by atoms with Gasteiger partial charge in [-0.2, -0.15) is 0 Å². The molecule has 0 aromatic carbocycles. The average Bonchev–Trinajstić information content (AvgIpc) is 2.38. The summed E-state index contributed by atoms with van der Waals surface area (Å²) < 4.78 is 0. The molecule has 4 nitrogen and oxygen atoms in total. The van der Waals surface area contributed by atoms with Crippen LogP contribution in [-0.2, 0) is 9.59 Å². The van der Waals surface area contributed by atoms with Crippen LogP contribution in [0.4, 0.5) is 0 Å². The Morgan fingerprint density at radius 1 is 1.05 bits per heavy atom. The Bertz CT molecular complexity index is 348. The third kappa shape index (κ3) is 4.50. The van der Waals surface area contributed by atoms with Gasteiger partial charge >= 0.3 is 5.97 Å². The van der Waals surface area contributed by atoms with Crippen molar-refractivity contribution in [2.45, 2.75) is 58.3 Å². The van der Waals surface area contributed by atoms with Crippen LogP contribution in [0.5, 0.6) is 0 Å². The lowest BCUT2D eigenvalue weighted by Crippen LogP contribution is -2.39. The fourth-order valence-corrected chi connectivity index (χ4v) is 3.75. The average molecular weight is 281 g/mol. The van der Waals surface area contributed by atoms with Gasteiger partial charge in [0.05, 0.1) is 0 Å². The summed E-state index contributed by atoms with van der Waals surface area (Å²) in [5.74, 6) is 1.17. The summed E-state index contributed by atoms with van der Waals surface area (Å²) in [7, 11) is 0. The molecule has 1 saturated heterocycles. The van der Waals surface area contributed by atoms with Crippen LogP contribution >= 0.6 is 0 Å². The monoisotopic (exact) mass is 281 g/mol. The SMILES string of the molecule is CC1CCCC(CC(=O)N2CCC(CC(=O)O)CC2)C1. The predicted molar refractivity (Wildman–Crippen MR) is 77.3 cm³/mol. The van der Waals surface area contributed by atoms with Crippen LogP contribution in [-0.4, -0.2) is 35.0 Å². The minimum Gasteiger partial charge on any atom is -0.481 e. The fraction of sp³-hybridized carbons (Fsp3) is 0.875. The number of piperidine rings is 1. The first-order valence-corrected chi connectivity index (χ1v) is 8.04. The smallest absolute Gasteiger partial charge is 0.303 e. The predicted octanol–water partition coefficient (Wildman–Crippen LogP) is 2.92. The summed E-state index contributed by atoms with van der Waals surface area (Å²) in [5.41, 5.74) is 0. The topological polar surface area (TPSA) is 57.6 Å². The molecule has 2 fully saturated rings. The zero-order chi connectivity index (χ0) is 14.5. The fourth-order valence-electron chi connectivity index (χ4n) is 3.75. The third-order valence-electron chi connectivity index (χ3n) is 4.94. The highest BCUT2D eigenvalue weighted by Crippen LogP contribution is 2.31. The van der Waals surface area contributed by atoms with E-state index in [2.05, 4.69) is 6.92 Å². The highest BCUT2D eigenvalue weighted by atomic mass is 16.4. The number of carbonyl (C=O) groups is 2. The molecule has 2 aliphatic rings. The largest absolute Gasteiger partial charge is 0.481 e. The molecule has 114 valence electrons. The normalized spacial score (nSPS) is 28.4. The number of hydrogen-bond donors (Lipinski definition) is 1. The van der Waals surface area contributed by atoms with E-state index in [1.54, 1.807) is 0 Å². The molecule has 1 aliphatic carbocycles. The van der Waals surface area contributed by atoms with Crippen molar-refractivity contribution in [2.24, 2.45) is 17.8 Å². The summed E-state index contributed by atoms with van der Waals surface area (Å²) in [6.07, 6.45) is 7.62. The number of likely N-dealkylation sites (tertiary alicyclic amines) is 1. The van der Waals surface area contributed by atoms with Gasteiger partial charge in [0.25, 0.3) is 0 Å².